The van der Waals surface area contributed by atoms with Gasteiger partial charge in [-0.1, -0.05) is 6.07 Å². The molecule has 0 aliphatic heterocycles. The average Bonchev–Trinajstić information content (AvgIpc) is 2.05. The Morgan fingerprint density at radius 3 is 2.82 bits per heavy atom. The fourth-order valence-corrected chi connectivity index (χ4v) is 1.29. The molecule has 0 spiro atoms. The molecule has 0 aromatic heterocycles. The first-order valence-corrected chi connectivity index (χ1v) is 4.57. The minimum absolute atomic E-state index is 0.433. The van der Waals surface area contributed by atoms with Gasteiger partial charge < -0.3 is 5.73 Å². The molecule has 0 radical (unpaired) electrons. The zero-order chi connectivity index (χ0) is 8.27. The van der Waals surface area contributed by atoms with E-state index in [0.29, 0.717) is 5.56 Å². The smallest absolute Gasteiger partial charge is 0.248 e. The summed E-state index contributed by atoms with van der Waals surface area (Å²) < 4.78 is 0. The van der Waals surface area contributed by atoms with Gasteiger partial charge >= 0.3 is 0 Å². The maximum atomic E-state index is 10.6. The molecule has 11 heavy (non-hydrogen) atoms. The lowest BCUT2D eigenvalue weighted by Crippen LogP contribution is -2.10. The maximum absolute atomic E-state index is 10.6. The quantitative estimate of drug-likeness (QED) is 0.770. The van der Waals surface area contributed by atoms with Crippen LogP contribution in [-0.2, 0) is 0 Å². The minimum Gasteiger partial charge on any atom is -0.366 e. The zero-order valence-corrected chi connectivity index (χ0v) is 7.15. The van der Waals surface area contributed by atoms with Gasteiger partial charge in [0.2, 0.25) is 5.91 Å². The van der Waals surface area contributed by atoms with Crippen molar-refractivity contribution in [3.05, 3.63) is 29.8 Å². The maximum Gasteiger partial charge on any atom is 0.248 e. The fourth-order valence-electron chi connectivity index (χ4n) is 0.697. The Labute approximate surface area is 73.2 Å². The third-order valence-electron chi connectivity index (χ3n) is 1.21. The second kappa shape index (κ2) is 3.64. The molecule has 4 heteroatoms. The van der Waals surface area contributed by atoms with Crippen LogP contribution < -0.4 is 5.73 Å². The highest BCUT2D eigenvalue weighted by Crippen LogP contribution is 2.22. The molecule has 0 heterocycles. The van der Waals surface area contributed by atoms with Crippen molar-refractivity contribution in [2.24, 2.45) is 5.73 Å². The molecule has 0 atom stereocenters. The predicted octanol–water partition coefficient (Wildman–Crippen LogP) is 2.03. The summed E-state index contributed by atoms with van der Waals surface area (Å²) in [4.78, 5) is 11.5. The summed E-state index contributed by atoms with van der Waals surface area (Å²) >= 11 is 0. The molecule has 0 bridgehead atoms. The number of hydrogen-bond donors (Lipinski definition) is 1. The van der Waals surface area contributed by atoms with E-state index in [9.17, 15) is 4.79 Å². The predicted molar refractivity (Wildman–Crippen MR) is 46.7 cm³/mol. The topological polar surface area (TPSA) is 43.1 Å². The lowest BCUT2D eigenvalue weighted by Gasteiger charge is -1.96. The van der Waals surface area contributed by atoms with Crippen molar-refractivity contribution in [2.45, 2.75) is 4.90 Å². The van der Waals surface area contributed by atoms with Crippen molar-refractivity contribution >= 4 is 27.6 Å². The number of primary amides is 1. The van der Waals surface area contributed by atoms with Gasteiger partial charge in [-0.15, -0.1) is 0 Å². The Balaban J connectivity index is 3.01. The van der Waals surface area contributed by atoms with Gasteiger partial charge in [-0.3, -0.25) is 4.79 Å². The van der Waals surface area contributed by atoms with E-state index in [1.165, 1.54) is 0 Å². The Morgan fingerprint density at radius 1 is 1.55 bits per heavy atom. The number of benzene rings is 1. The lowest BCUT2D eigenvalue weighted by molar-refractivity contribution is 0.1000. The Kier molecular flexibility index (Phi) is 2.79. The highest BCUT2D eigenvalue weighted by molar-refractivity contribution is 8.21. The number of carbonyl (C=O) groups is 1. The molecular weight excluding hydrogens is 182 g/mol. The molecule has 1 aromatic rings. The molecule has 1 rings (SSSR count). The van der Waals surface area contributed by atoms with Gasteiger partial charge in [0.05, 0.1) is 0 Å². The van der Waals surface area contributed by atoms with Crippen LogP contribution in [0.4, 0.5) is 0 Å². The second-order valence-corrected chi connectivity index (χ2v) is 3.06. The number of halogens is 1. The molecule has 0 saturated carbocycles. The van der Waals surface area contributed by atoms with E-state index < -0.39 is 5.91 Å². The first-order valence-electron chi connectivity index (χ1n) is 2.92. The molecular formula is C7H6ClNOS. The standard InChI is InChI=1S/C7H6ClNOS/c8-11-6-3-1-2-5(4-6)7(9)10/h1-4H,(H2,9,10). The molecule has 2 N–H and O–H groups in total. The van der Waals surface area contributed by atoms with Crippen LogP contribution in [-0.4, -0.2) is 5.91 Å². The van der Waals surface area contributed by atoms with E-state index in [0.717, 1.165) is 15.9 Å². The van der Waals surface area contributed by atoms with E-state index >= 15 is 0 Å². The molecule has 58 valence electrons. The van der Waals surface area contributed by atoms with Gasteiger partial charge in [0.1, 0.15) is 0 Å². The monoisotopic (exact) mass is 187 g/mol. The van der Waals surface area contributed by atoms with Crippen LogP contribution in [0, 0.1) is 0 Å². The van der Waals surface area contributed by atoms with E-state index in [4.69, 9.17) is 16.4 Å². The summed E-state index contributed by atoms with van der Waals surface area (Å²) in [5.74, 6) is -0.433. The van der Waals surface area contributed by atoms with Gasteiger partial charge in [0.25, 0.3) is 0 Å². The summed E-state index contributed by atoms with van der Waals surface area (Å²) in [6.45, 7) is 0. The SMILES string of the molecule is NC(=O)c1cccc(SCl)c1. The van der Waals surface area contributed by atoms with Crippen LogP contribution >= 0.6 is 21.7 Å². The highest BCUT2D eigenvalue weighted by atomic mass is 35.7. The van der Waals surface area contributed by atoms with E-state index in [-0.39, 0.29) is 0 Å². The van der Waals surface area contributed by atoms with Gasteiger partial charge in [-0.05, 0) is 39.9 Å². The van der Waals surface area contributed by atoms with Crippen LogP contribution in [0.3, 0.4) is 0 Å². The summed E-state index contributed by atoms with van der Waals surface area (Å²) in [6, 6.07) is 6.86. The van der Waals surface area contributed by atoms with E-state index in [1.807, 2.05) is 6.07 Å². The average molecular weight is 188 g/mol. The van der Waals surface area contributed by atoms with Crippen LogP contribution in [0.1, 0.15) is 10.4 Å². The second-order valence-electron chi connectivity index (χ2n) is 1.97. The van der Waals surface area contributed by atoms with Gasteiger partial charge in [0, 0.05) is 10.5 Å². The number of hydrogen-bond acceptors (Lipinski definition) is 2. The lowest BCUT2D eigenvalue weighted by atomic mass is 10.2. The summed E-state index contributed by atoms with van der Waals surface area (Å²) in [5.41, 5.74) is 5.53. The first kappa shape index (κ1) is 8.43. The number of amides is 1. The fraction of sp³-hybridized carbons (Fsp3) is 0. The Bertz CT molecular complexity index is 277. The molecule has 0 unspecified atom stereocenters. The van der Waals surface area contributed by atoms with Gasteiger partial charge in [-0.25, -0.2) is 0 Å². The Hall–Kier alpha value is -0.670. The number of carbonyl (C=O) groups excluding carboxylic acids is 1. The van der Waals surface area contributed by atoms with Crippen molar-refractivity contribution < 1.29 is 4.79 Å². The van der Waals surface area contributed by atoms with Crippen molar-refractivity contribution in [3.8, 4) is 0 Å². The molecule has 0 fully saturated rings. The zero-order valence-electron chi connectivity index (χ0n) is 5.58. The van der Waals surface area contributed by atoms with Crippen molar-refractivity contribution in [3.63, 3.8) is 0 Å². The van der Waals surface area contributed by atoms with E-state index in [1.54, 1.807) is 18.2 Å². The third-order valence-corrected chi connectivity index (χ3v) is 2.17. The first-order chi connectivity index (χ1) is 5.24. The summed E-state index contributed by atoms with van der Waals surface area (Å²) in [7, 11) is 6.53. The molecule has 0 aliphatic rings. The van der Waals surface area contributed by atoms with Crippen LogP contribution in [0.25, 0.3) is 0 Å². The van der Waals surface area contributed by atoms with Gasteiger partial charge in [0.15, 0.2) is 0 Å². The number of rotatable bonds is 2. The summed E-state index contributed by atoms with van der Waals surface area (Å²) in [6.07, 6.45) is 0. The Morgan fingerprint density at radius 2 is 2.27 bits per heavy atom. The molecule has 0 saturated heterocycles. The largest absolute Gasteiger partial charge is 0.366 e. The van der Waals surface area contributed by atoms with Crippen LogP contribution in [0.5, 0.6) is 0 Å². The normalized spacial score (nSPS) is 9.55. The van der Waals surface area contributed by atoms with Crippen molar-refractivity contribution in [1.29, 1.82) is 0 Å². The van der Waals surface area contributed by atoms with Crippen molar-refractivity contribution in [1.82, 2.24) is 0 Å². The molecule has 2 nitrogen and oxygen atoms in total. The van der Waals surface area contributed by atoms with E-state index in [2.05, 4.69) is 0 Å². The third kappa shape index (κ3) is 2.13. The van der Waals surface area contributed by atoms with Crippen LogP contribution in [0.2, 0.25) is 0 Å². The minimum atomic E-state index is -0.433. The molecule has 1 amide bonds. The number of nitrogens with two attached hydrogens (primary N) is 1. The van der Waals surface area contributed by atoms with Crippen LogP contribution in [0.15, 0.2) is 29.2 Å². The molecule has 1 aromatic carbocycles. The summed E-state index contributed by atoms with van der Waals surface area (Å²) in [5, 5.41) is 0. The van der Waals surface area contributed by atoms with Crippen molar-refractivity contribution in [2.75, 3.05) is 0 Å². The highest BCUT2D eigenvalue weighted by Gasteiger charge is 1.99. The van der Waals surface area contributed by atoms with Gasteiger partial charge in [-0.2, -0.15) is 0 Å². The molecule has 0 aliphatic carbocycles.